The van der Waals surface area contributed by atoms with E-state index >= 15 is 0 Å². The Balaban J connectivity index is 1.50. The van der Waals surface area contributed by atoms with Gasteiger partial charge in [0, 0.05) is 37.8 Å². The van der Waals surface area contributed by atoms with Crippen molar-refractivity contribution in [3.8, 4) is 11.3 Å². The quantitative estimate of drug-likeness (QED) is 0.568. The molecule has 2 aliphatic rings. The minimum absolute atomic E-state index is 0.0840. The van der Waals surface area contributed by atoms with Gasteiger partial charge in [-0.05, 0) is 52.7 Å². The van der Waals surface area contributed by atoms with Crippen LogP contribution in [0.4, 0.5) is 0 Å². The van der Waals surface area contributed by atoms with E-state index in [2.05, 4.69) is 5.10 Å². The van der Waals surface area contributed by atoms with Gasteiger partial charge in [-0.15, -0.1) is 0 Å². The number of likely N-dealkylation sites (tertiary alicyclic amines) is 1. The number of furan rings is 1. The fourth-order valence-electron chi connectivity index (χ4n) is 5.17. The van der Waals surface area contributed by atoms with E-state index in [1.165, 1.54) is 0 Å². The van der Waals surface area contributed by atoms with Crippen molar-refractivity contribution in [3.05, 3.63) is 35.4 Å². The first kappa shape index (κ1) is 23.5. The van der Waals surface area contributed by atoms with Gasteiger partial charge in [0.1, 0.15) is 11.5 Å². The molecule has 0 N–H and O–H groups in total. The molecule has 2 saturated heterocycles. The minimum atomic E-state index is -0.181. The van der Waals surface area contributed by atoms with Gasteiger partial charge in [-0.2, -0.15) is 5.10 Å². The third-order valence-corrected chi connectivity index (χ3v) is 6.98. The smallest absolute Gasteiger partial charge is 0.254 e. The Bertz CT molecular complexity index is 1250. The van der Waals surface area contributed by atoms with Gasteiger partial charge < -0.3 is 19.0 Å². The topological polar surface area (TPSA) is 93.7 Å². The Hall–Kier alpha value is -3.20. The number of aryl methyl sites for hydroxylation is 2. The molecule has 5 heterocycles. The highest BCUT2D eigenvalue weighted by Gasteiger charge is 2.33. The van der Waals surface area contributed by atoms with E-state index in [0.29, 0.717) is 56.3 Å². The number of pyridine rings is 1. The molecule has 9 nitrogen and oxygen atoms in total. The number of aromatic nitrogens is 3. The maximum atomic E-state index is 13.9. The summed E-state index contributed by atoms with van der Waals surface area (Å²) in [4.78, 5) is 35.6. The summed E-state index contributed by atoms with van der Waals surface area (Å²) in [5.74, 6) is 1.42. The van der Waals surface area contributed by atoms with E-state index < -0.39 is 0 Å². The third kappa shape index (κ3) is 4.45. The number of rotatable bonds is 4. The molecule has 1 unspecified atom stereocenters. The SMILES string of the molecule is Cc1cc(-c2cc(C(=O)N3CCCC(C(=O)N4CCOCC4)C3)c3cnn(C(C)C)c3n2)c(C)o1. The lowest BCUT2D eigenvalue weighted by Crippen LogP contribution is -2.49. The highest BCUT2D eigenvalue weighted by molar-refractivity contribution is 6.06. The van der Waals surface area contributed by atoms with Gasteiger partial charge in [0.2, 0.25) is 5.91 Å². The van der Waals surface area contributed by atoms with Gasteiger partial charge in [-0.3, -0.25) is 9.59 Å². The Morgan fingerprint density at radius 1 is 1.09 bits per heavy atom. The van der Waals surface area contributed by atoms with Crippen molar-refractivity contribution < 1.29 is 18.7 Å². The van der Waals surface area contributed by atoms with Gasteiger partial charge in [-0.25, -0.2) is 9.67 Å². The lowest BCUT2D eigenvalue weighted by molar-refractivity contribution is -0.141. The number of carbonyl (C=O) groups is 2. The number of morpholine rings is 1. The van der Waals surface area contributed by atoms with Gasteiger partial charge in [0.15, 0.2) is 5.65 Å². The first-order valence-electron chi connectivity index (χ1n) is 12.4. The number of hydrogen-bond donors (Lipinski definition) is 0. The predicted molar refractivity (Wildman–Crippen MR) is 131 cm³/mol. The third-order valence-electron chi connectivity index (χ3n) is 6.98. The molecule has 0 aliphatic carbocycles. The lowest BCUT2D eigenvalue weighted by Gasteiger charge is -2.36. The number of hydrogen-bond acceptors (Lipinski definition) is 6. The van der Waals surface area contributed by atoms with Crippen LogP contribution in [0.2, 0.25) is 0 Å². The molecule has 0 spiro atoms. The van der Waals surface area contributed by atoms with Crippen molar-refractivity contribution in [2.24, 2.45) is 5.92 Å². The zero-order valence-corrected chi connectivity index (χ0v) is 20.9. The van der Waals surface area contributed by atoms with E-state index in [-0.39, 0.29) is 23.8 Å². The number of amides is 2. The molecule has 2 fully saturated rings. The Kier molecular flexibility index (Phi) is 6.35. The summed E-state index contributed by atoms with van der Waals surface area (Å²) in [5.41, 5.74) is 2.80. The number of nitrogens with zero attached hydrogens (tertiary/aromatic N) is 5. The van der Waals surface area contributed by atoms with Crippen LogP contribution in [-0.2, 0) is 9.53 Å². The fourth-order valence-corrected chi connectivity index (χ4v) is 5.17. The van der Waals surface area contributed by atoms with Gasteiger partial charge in [0.25, 0.3) is 5.91 Å². The van der Waals surface area contributed by atoms with Crippen LogP contribution in [0.3, 0.4) is 0 Å². The summed E-state index contributed by atoms with van der Waals surface area (Å²) in [6, 6.07) is 3.89. The second-order valence-corrected chi connectivity index (χ2v) is 9.83. The molecule has 9 heteroatoms. The molecule has 2 amide bonds. The van der Waals surface area contributed by atoms with Gasteiger partial charge in [0.05, 0.1) is 42.0 Å². The van der Waals surface area contributed by atoms with Crippen LogP contribution in [0, 0.1) is 19.8 Å². The second-order valence-electron chi connectivity index (χ2n) is 9.83. The highest BCUT2D eigenvalue weighted by Crippen LogP contribution is 2.31. The second kappa shape index (κ2) is 9.45. The lowest BCUT2D eigenvalue weighted by atomic mass is 9.95. The van der Waals surface area contributed by atoms with Crippen molar-refractivity contribution in [3.63, 3.8) is 0 Å². The Labute approximate surface area is 205 Å². The Morgan fingerprint density at radius 2 is 1.86 bits per heavy atom. The van der Waals surface area contributed by atoms with Crippen molar-refractivity contribution in [2.45, 2.75) is 46.6 Å². The molecule has 0 aromatic carbocycles. The van der Waals surface area contributed by atoms with E-state index in [9.17, 15) is 9.59 Å². The van der Waals surface area contributed by atoms with Crippen molar-refractivity contribution >= 4 is 22.8 Å². The van der Waals surface area contributed by atoms with E-state index in [1.807, 2.05) is 54.3 Å². The maximum absolute atomic E-state index is 13.9. The summed E-state index contributed by atoms with van der Waals surface area (Å²) < 4.78 is 13.0. The van der Waals surface area contributed by atoms with Crippen LogP contribution in [0.1, 0.15) is 54.6 Å². The number of ether oxygens (including phenoxy) is 1. The number of piperidine rings is 1. The summed E-state index contributed by atoms with van der Waals surface area (Å²) in [6.45, 7) is 11.3. The van der Waals surface area contributed by atoms with Crippen molar-refractivity contribution in [1.82, 2.24) is 24.6 Å². The summed E-state index contributed by atoms with van der Waals surface area (Å²) in [7, 11) is 0. The molecule has 3 aromatic rings. The molecule has 35 heavy (non-hydrogen) atoms. The molecule has 2 aliphatic heterocycles. The largest absolute Gasteiger partial charge is 0.466 e. The van der Waals surface area contributed by atoms with Crippen LogP contribution < -0.4 is 0 Å². The predicted octanol–water partition coefficient (Wildman–Crippen LogP) is 3.60. The molecule has 3 aromatic heterocycles. The van der Waals surface area contributed by atoms with Crippen LogP contribution in [-0.4, -0.2) is 75.8 Å². The van der Waals surface area contributed by atoms with E-state index in [4.69, 9.17) is 14.1 Å². The maximum Gasteiger partial charge on any atom is 0.254 e. The summed E-state index contributed by atoms with van der Waals surface area (Å²) in [6.07, 6.45) is 3.34. The average molecular weight is 480 g/mol. The number of carbonyl (C=O) groups excluding carboxylic acids is 2. The van der Waals surface area contributed by atoms with Crippen LogP contribution >= 0.6 is 0 Å². The van der Waals surface area contributed by atoms with Crippen molar-refractivity contribution in [2.75, 3.05) is 39.4 Å². The van der Waals surface area contributed by atoms with Gasteiger partial charge in [-0.1, -0.05) is 0 Å². The molecule has 1 atom stereocenters. The first-order valence-corrected chi connectivity index (χ1v) is 12.4. The zero-order valence-electron chi connectivity index (χ0n) is 20.9. The Morgan fingerprint density at radius 3 is 2.54 bits per heavy atom. The molecule has 186 valence electrons. The van der Waals surface area contributed by atoms with E-state index in [0.717, 1.165) is 35.3 Å². The zero-order chi connectivity index (χ0) is 24.7. The normalized spacial score (nSPS) is 19.1. The molecule has 0 saturated carbocycles. The summed E-state index contributed by atoms with van der Waals surface area (Å²) >= 11 is 0. The van der Waals surface area contributed by atoms with Crippen LogP contribution in [0.25, 0.3) is 22.3 Å². The molecule has 0 radical (unpaired) electrons. The standard InChI is InChI=1S/C26H33N5O4/c1-16(2)31-24-22(14-27-31)21(13-23(28-24)20-12-17(3)35-18(20)4)26(33)30-7-5-6-19(15-30)25(32)29-8-10-34-11-9-29/h12-14,16,19H,5-11,15H2,1-4H3. The fraction of sp³-hybridized carbons (Fsp3) is 0.538. The first-order chi connectivity index (χ1) is 16.8. The molecular formula is C26H33N5O4. The van der Waals surface area contributed by atoms with Gasteiger partial charge >= 0.3 is 0 Å². The van der Waals surface area contributed by atoms with Crippen LogP contribution in [0.5, 0.6) is 0 Å². The monoisotopic (exact) mass is 479 g/mol. The minimum Gasteiger partial charge on any atom is -0.466 e. The summed E-state index contributed by atoms with van der Waals surface area (Å²) in [5, 5.41) is 5.27. The molecule has 0 bridgehead atoms. The van der Waals surface area contributed by atoms with Crippen molar-refractivity contribution in [1.29, 1.82) is 0 Å². The average Bonchev–Trinajstić information content (AvgIpc) is 3.45. The van der Waals surface area contributed by atoms with Crippen LogP contribution in [0.15, 0.2) is 22.7 Å². The molecule has 5 rings (SSSR count). The molecular weight excluding hydrogens is 446 g/mol. The number of fused-ring (bicyclic) bond motifs is 1. The highest BCUT2D eigenvalue weighted by atomic mass is 16.5. The van der Waals surface area contributed by atoms with E-state index in [1.54, 1.807) is 6.20 Å².